The second-order valence-electron chi connectivity index (χ2n) is 22.5. The minimum atomic E-state index is -0.0537. The predicted octanol–water partition coefficient (Wildman–Crippen LogP) is 13.9. The number of aromatic nitrogens is 2. The van der Waals surface area contributed by atoms with E-state index in [2.05, 4.69) is 218 Å². The summed E-state index contributed by atoms with van der Waals surface area (Å²) < 4.78 is 11.7. The van der Waals surface area contributed by atoms with Crippen LogP contribution in [0.3, 0.4) is 0 Å². The molecule has 0 bridgehead atoms. The van der Waals surface area contributed by atoms with Crippen LogP contribution < -0.4 is 31.9 Å². The van der Waals surface area contributed by atoms with Crippen LogP contribution in [0.2, 0.25) is 0 Å². The van der Waals surface area contributed by atoms with Gasteiger partial charge in [-0.3, -0.25) is 0 Å². The summed E-state index contributed by atoms with van der Waals surface area (Å²) in [6.07, 6.45) is 1.93. The monoisotopic (exact) mass is 919 g/mol. The van der Waals surface area contributed by atoms with Gasteiger partial charge in [0.25, 0.3) is 6.71 Å². The summed E-state index contributed by atoms with van der Waals surface area (Å²) in [6, 6.07) is 52.5. The third-order valence-electron chi connectivity index (χ3n) is 15.9. The maximum Gasteiger partial charge on any atom is 0.252 e. The lowest BCUT2D eigenvalue weighted by Crippen LogP contribution is -2.60. The Kier molecular flexibility index (Phi) is 9.07. The average molecular weight is 920 g/mol. The van der Waals surface area contributed by atoms with Crippen LogP contribution in [-0.4, -0.2) is 15.8 Å². The maximum absolute atomic E-state index is 6.55. The lowest BCUT2D eigenvalue weighted by Gasteiger charge is -2.42. The first-order valence-corrected chi connectivity index (χ1v) is 25.2. The van der Waals surface area contributed by atoms with E-state index < -0.39 is 0 Å². The molecule has 11 aromatic rings. The van der Waals surface area contributed by atoms with E-state index in [1.54, 1.807) is 0 Å². The van der Waals surface area contributed by atoms with Crippen molar-refractivity contribution in [2.75, 3.05) is 4.90 Å². The minimum Gasteiger partial charge on any atom is -0.455 e. The zero-order valence-corrected chi connectivity index (χ0v) is 42.6. The molecule has 0 atom stereocenters. The molecule has 0 radical (unpaired) electrons. The van der Waals surface area contributed by atoms with Crippen LogP contribution in [0.5, 0.6) is 0 Å². The highest BCUT2D eigenvalue weighted by Crippen LogP contribution is 2.48. The molecule has 0 aliphatic carbocycles. The molecule has 8 aromatic carbocycles. The molecule has 0 spiro atoms. The molecule has 71 heavy (non-hydrogen) atoms. The van der Waals surface area contributed by atoms with Gasteiger partial charge in [0, 0.05) is 60.5 Å². The number of fused-ring (bicyclic) bond motifs is 12. The van der Waals surface area contributed by atoms with Crippen LogP contribution in [0.4, 0.5) is 17.1 Å². The molecule has 0 saturated heterocycles. The van der Waals surface area contributed by atoms with E-state index in [0.717, 1.165) is 49.6 Å². The van der Waals surface area contributed by atoms with Gasteiger partial charge >= 0.3 is 0 Å². The molecule has 0 unspecified atom stereocenters. The van der Waals surface area contributed by atoms with Crippen LogP contribution in [0.25, 0.3) is 78.1 Å². The smallest absolute Gasteiger partial charge is 0.252 e. The number of nitrogens with zero attached hydrogens (tertiary/aromatic N) is 3. The summed E-state index contributed by atoms with van der Waals surface area (Å²) in [5.74, 6) is 0. The highest BCUT2D eigenvalue weighted by Gasteiger charge is 2.44. The molecule has 2 aliphatic heterocycles. The number of hydrogen-bond donors (Lipinski definition) is 0. The van der Waals surface area contributed by atoms with E-state index in [0.29, 0.717) is 0 Å². The summed E-state index contributed by atoms with van der Waals surface area (Å²) in [5.41, 5.74) is 26.1. The third-order valence-corrected chi connectivity index (χ3v) is 15.9. The van der Waals surface area contributed by atoms with E-state index in [1.165, 1.54) is 105 Å². The second kappa shape index (κ2) is 14.9. The van der Waals surface area contributed by atoms with Crippen molar-refractivity contribution in [2.45, 2.75) is 80.1 Å². The molecule has 2 aliphatic rings. The molecule has 5 heteroatoms. The molecule has 0 N–H and O–H groups in total. The average Bonchev–Trinajstić information content (AvgIpc) is 3.98. The fourth-order valence-corrected chi connectivity index (χ4v) is 12.6. The van der Waals surface area contributed by atoms with Crippen LogP contribution in [-0.2, 0) is 10.8 Å². The van der Waals surface area contributed by atoms with Crippen molar-refractivity contribution in [3.8, 4) is 11.4 Å². The molecule has 3 aromatic heterocycles. The fraction of sp³-hybridized carbons (Fsp3) is 0.182. The molecule has 0 saturated carbocycles. The topological polar surface area (TPSA) is 26.2 Å². The third kappa shape index (κ3) is 6.05. The highest BCUT2D eigenvalue weighted by molar-refractivity contribution is 7.00. The Bertz CT molecular complexity index is 4260. The van der Waals surface area contributed by atoms with E-state index in [4.69, 9.17) is 4.42 Å². The number of anilines is 3. The van der Waals surface area contributed by atoms with Gasteiger partial charge in [0.15, 0.2) is 0 Å². The molecular formula is C66H58BN3O. The molecule has 13 rings (SSSR count). The van der Waals surface area contributed by atoms with Crippen LogP contribution in [0, 0.1) is 27.7 Å². The number of para-hydroxylation sites is 3. The molecule has 5 heterocycles. The number of furan rings is 1. The van der Waals surface area contributed by atoms with Gasteiger partial charge in [-0.05, 0) is 155 Å². The summed E-state index contributed by atoms with van der Waals surface area (Å²) in [5, 5.41) is 7.07. The molecule has 346 valence electrons. The number of allylic oxidation sites excluding steroid dienone is 1. The van der Waals surface area contributed by atoms with Gasteiger partial charge < -0.3 is 18.5 Å². The van der Waals surface area contributed by atoms with E-state index in [9.17, 15) is 0 Å². The Morgan fingerprint density at radius 3 is 1.93 bits per heavy atom. The summed E-state index contributed by atoms with van der Waals surface area (Å²) in [4.78, 5) is 2.63. The fourth-order valence-electron chi connectivity index (χ4n) is 12.6. The van der Waals surface area contributed by atoms with E-state index in [1.807, 2.05) is 24.3 Å². The number of benzene rings is 8. The van der Waals surface area contributed by atoms with Crippen molar-refractivity contribution in [1.82, 2.24) is 9.13 Å². The largest absolute Gasteiger partial charge is 0.455 e. The second-order valence-corrected chi connectivity index (χ2v) is 22.5. The van der Waals surface area contributed by atoms with E-state index in [-0.39, 0.29) is 17.5 Å². The van der Waals surface area contributed by atoms with Gasteiger partial charge in [-0.15, -0.1) is 0 Å². The van der Waals surface area contributed by atoms with Gasteiger partial charge in [0.05, 0.1) is 27.8 Å². The summed E-state index contributed by atoms with van der Waals surface area (Å²) in [7, 11) is 0. The van der Waals surface area contributed by atoms with Crippen molar-refractivity contribution < 1.29 is 4.42 Å². The standard InChI is InChI=1S/C66H58BN3O/c1-13-46(64-41(6)47-23-18-20-26-58(47)71-64)42-29-38(3)61(39(4)30-42)69-56-36-55-49(48-24-17-19-25-53(48)68(55)45-21-15-14-16-22-45)35-52(56)67-51-34-43(65(7,8)9)27-28-54(51)70-62-40(5)31-44(66(10,11)12)33-50(62)59-37(2)32-57(69)60(67)63(59)70/h13-36H,1,6H2,2-5,7-12H3/b64-46-. The lowest BCUT2D eigenvalue weighted by molar-refractivity contribution is 0.573. The summed E-state index contributed by atoms with van der Waals surface area (Å²) >= 11 is 0. The first-order valence-electron chi connectivity index (χ1n) is 25.2. The van der Waals surface area contributed by atoms with Crippen molar-refractivity contribution >= 4 is 107 Å². The van der Waals surface area contributed by atoms with Crippen LogP contribution in [0.15, 0.2) is 157 Å². The number of aryl methyl sites for hydroxylation is 4. The quantitative estimate of drug-likeness (QED) is 0.164. The van der Waals surface area contributed by atoms with Crippen molar-refractivity contribution in [2.24, 2.45) is 0 Å². The van der Waals surface area contributed by atoms with Gasteiger partial charge in [-0.2, -0.15) is 0 Å². The minimum absolute atomic E-state index is 0.0124. The zero-order valence-electron chi connectivity index (χ0n) is 42.6. The maximum atomic E-state index is 6.55. The van der Waals surface area contributed by atoms with E-state index >= 15 is 0 Å². The van der Waals surface area contributed by atoms with Gasteiger partial charge in [0.2, 0.25) is 0 Å². The molecule has 0 amide bonds. The Morgan fingerprint density at radius 1 is 0.549 bits per heavy atom. The number of rotatable bonds is 4. The Hall–Kier alpha value is -7.76. The lowest BCUT2D eigenvalue weighted by atomic mass is 9.33. The van der Waals surface area contributed by atoms with Crippen molar-refractivity contribution in [1.29, 1.82) is 0 Å². The predicted molar refractivity (Wildman–Crippen MR) is 305 cm³/mol. The van der Waals surface area contributed by atoms with Crippen LogP contribution in [0.1, 0.15) is 80.5 Å². The molecular weight excluding hydrogens is 862 g/mol. The van der Waals surface area contributed by atoms with Gasteiger partial charge in [-0.25, -0.2) is 0 Å². The SMILES string of the molecule is C=C/C(c1cc(C)c(N2c3cc4c(cc3B3c5cc(C(C)(C)C)ccc5-n5c6c(C)cc(C(C)(C)C)cc6c6c(C)cc2c3c65)c2ccccc2n4-c2ccccc2)c(C)c1)=c1/oc2ccccc2c1=C. The normalized spacial score (nSPS) is 13.8. The highest BCUT2D eigenvalue weighted by atomic mass is 16.3. The van der Waals surface area contributed by atoms with Crippen molar-refractivity contribution in [3.63, 3.8) is 0 Å². The Balaban J connectivity index is 1.19. The van der Waals surface area contributed by atoms with Gasteiger partial charge in [0.1, 0.15) is 11.0 Å². The first-order chi connectivity index (χ1) is 34.0. The summed E-state index contributed by atoms with van der Waals surface area (Å²) in [6.45, 7) is 32.1. The van der Waals surface area contributed by atoms with Crippen molar-refractivity contribution in [3.05, 3.63) is 202 Å². The Morgan fingerprint density at radius 2 is 1.23 bits per heavy atom. The number of hydrogen-bond acceptors (Lipinski definition) is 2. The molecule has 0 fully saturated rings. The van der Waals surface area contributed by atoms with Gasteiger partial charge in [-0.1, -0.05) is 140 Å². The Labute approximate surface area is 416 Å². The zero-order chi connectivity index (χ0) is 49.2. The molecule has 4 nitrogen and oxygen atoms in total. The first kappa shape index (κ1) is 43.3. The van der Waals surface area contributed by atoms with Crippen LogP contribution >= 0.6 is 0 Å².